The molecule has 1 aliphatic heterocycles. The molecule has 0 radical (unpaired) electrons. The highest BCUT2D eigenvalue weighted by atomic mass is 16.2. The van der Waals surface area contributed by atoms with Crippen LogP contribution in [0, 0.1) is 0 Å². The summed E-state index contributed by atoms with van der Waals surface area (Å²) in [7, 11) is 3.63. The lowest BCUT2D eigenvalue weighted by Gasteiger charge is -2.25. The molecule has 1 saturated carbocycles. The van der Waals surface area contributed by atoms with E-state index in [-0.39, 0.29) is 23.9 Å². The Kier molecular flexibility index (Phi) is 3.44. The standard InChI is InChI=1S/C17H21N5O2/c1-21-14(23)9-12(16(21)13-6-8-19-22(13)2)20-17(24)11-5-7-18-15(11)10-3-4-10/h5-8,10,12,16,18H,3-4,9H2,1-2H3,(H,20,24)/t12-,16-/m1/s1. The number of carbonyl (C=O) groups excluding carboxylic acids is 2. The first-order chi connectivity index (χ1) is 11.6. The molecule has 0 aromatic carbocycles. The molecule has 7 nitrogen and oxygen atoms in total. The van der Waals surface area contributed by atoms with Crippen molar-refractivity contribution >= 4 is 11.8 Å². The summed E-state index contributed by atoms with van der Waals surface area (Å²) in [5.74, 6) is 0.392. The van der Waals surface area contributed by atoms with Crippen LogP contribution in [0.5, 0.6) is 0 Å². The molecule has 2 amide bonds. The summed E-state index contributed by atoms with van der Waals surface area (Å²) < 4.78 is 1.75. The lowest BCUT2D eigenvalue weighted by molar-refractivity contribution is -0.127. The molecule has 1 aliphatic carbocycles. The number of aromatic nitrogens is 3. The zero-order valence-corrected chi connectivity index (χ0v) is 13.8. The van der Waals surface area contributed by atoms with Gasteiger partial charge in [-0.05, 0) is 30.9 Å². The van der Waals surface area contributed by atoms with Gasteiger partial charge in [0.1, 0.15) is 0 Å². The summed E-state index contributed by atoms with van der Waals surface area (Å²) in [6.45, 7) is 0. The van der Waals surface area contributed by atoms with Crippen LogP contribution in [0.25, 0.3) is 0 Å². The van der Waals surface area contributed by atoms with E-state index in [1.807, 2.05) is 25.4 Å². The summed E-state index contributed by atoms with van der Waals surface area (Å²) in [6, 6.07) is 3.26. The summed E-state index contributed by atoms with van der Waals surface area (Å²) in [5.41, 5.74) is 2.63. The molecular weight excluding hydrogens is 306 g/mol. The van der Waals surface area contributed by atoms with Crippen molar-refractivity contribution in [1.82, 2.24) is 25.0 Å². The minimum absolute atomic E-state index is 0.0305. The second-order valence-corrected chi connectivity index (χ2v) is 6.69. The summed E-state index contributed by atoms with van der Waals surface area (Å²) in [5, 5.41) is 7.26. The lowest BCUT2D eigenvalue weighted by atomic mass is 10.0. The minimum atomic E-state index is -0.257. The summed E-state index contributed by atoms with van der Waals surface area (Å²) >= 11 is 0. The van der Waals surface area contributed by atoms with Gasteiger partial charge in [-0.1, -0.05) is 0 Å². The molecule has 2 aromatic rings. The number of hydrogen-bond donors (Lipinski definition) is 2. The SMILES string of the molecule is CN1C(=O)C[C@@H](NC(=O)c2cc[nH]c2C2CC2)[C@@H]1c1ccnn1C. The number of likely N-dealkylation sites (N-methyl/N-ethyl adjacent to an activating group) is 1. The first kappa shape index (κ1) is 15.0. The number of carbonyl (C=O) groups is 2. The van der Waals surface area contributed by atoms with Gasteiger partial charge < -0.3 is 15.2 Å². The molecule has 1 saturated heterocycles. The van der Waals surface area contributed by atoms with E-state index in [0.29, 0.717) is 17.9 Å². The normalized spacial score (nSPS) is 23.8. The smallest absolute Gasteiger partial charge is 0.253 e. The molecule has 2 aliphatic rings. The fourth-order valence-corrected chi connectivity index (χ4v) is 3.61. The molecule has 0 unspecified atom stereocenters. The van der Waals surface area contributed by atoms with Crippen molar-refractivity contribution in [2.75, 3.05) is 7.05 Å². The third-order valence-electron chi connectivity index (χ3n) is 5.07. The van der Waals surface area contributed by atoms with Crippen molar-refractivity contribution in [3.05, 3.63) is 41.5 Å². The Morgan fingerprint density at radius 3 is 2.79 bits per heavy atom. The van der Waals surface area contributed by atoms with Gasteiger partial charge in [0, 0.05) is 38.6 Å². The second kappa shape index (κ2) is 5.51. The first-order valence-corrected chi connectivity index (χ1v) is 8.28. The molecule has 0 bridgehead atoms. The molecule has 3 heterocycles. The fraction of sp³-hybridized carbons (Fsp3) is 0.471. The Balaban J connectivity index is 1.58. The molecular formula is C17H21N5O2. The Labute approximate surface area is 140 Å². The summed E-state index contributed by atoms with van der Waals surface area (Å²) in [6.07, 6.45) is 6.09. The van der Waals surface area contributed by atoms with Crippen molar-refractivity contribution in [3.63, 3.8) is 0 Å². The number of nitrogens with one attached hydrogen (secondary N) is 2. The molecule has 4 rings (SSSR count). The van der Waals surface area contributed by atoms with Crippen LogP contribution in [0.1, 0.15) is 53.0 Å². The van der Waals surface area contributed by atoms with E-state index in [9.17, 15) is 9.59 Å². The highest BCUT2D eigenvalue weighted by molar-refractivity contribution is 5.96. The number of hydrogen-bond acceptors (Lipinski definition) is 3. The fourth-order valence-electron chi connectivity index (χ4n) is 3.61. The number of amides is 2. The molecule has 2 N–H and O–H groups in total. The Morgan fingerprint density at radius 1 is 1.33 bits per heavy atom. The minimum Gasteiger partial charge on any atom is -0.364 e. The predicted molar refractivity (Wildman–Crippen MR) is 87.4 cm³/mol. The van der Waals surface area contributed by atoms with Crippen molar-refractivity contribution in [2.45, 2.75) is 37.3 Å². The molecule has 2 aromatic heterocycles. The molecule has 2 atom stereocenters. The van der Waals surface area contributed by atoms with Crippen LogP contribution >= 0.6 is 0 Å². The van der Waals surface area contributed by atoms with E-state index in [1.165, 1.54) is 0 Å². The predicted octanol–water partition coefficient (Wildman–Crippen LogP) is 1.33. The van der Waals surface area contributed by atoms with Gasteiger partial charge in [0.15, 0.2) is 0 Å². The van der Waals surface area contributed by atoms with E-state index in [4.69, 9.17) is 0 Å². The van der Waals surface area contributed by atoms with Gasteiger partial charge in [0.2, 0.25) is 5.91 Å². The quantitative estimate of drug-likeness (QED) is 0.888. The van der Waals surface area contributed by atoms with Gasteiger partial charge in [-0.15, -0.1) is 0 Å². The molecule has 24 heavy (non-hydrogen) atoms. The van der Waals surface area contributed by atoms with Crippen LogP contribution in [0.4, 0.5) is 0 Å². The van der Waals surface area contributed by atoms with Gasteiger partial charge in [0.05, 0.1) is 23.3 Å². The zero-order valence-electron chi connectivity index (χ0n) is 13.8. The number of rotatable bonds is 4. The van der Waals surface area contributed by atoms with E-state index >= 15 is 0 Å². The third-order valence-corrected chi connectivity index (χ3v) is 5.07. The maximum Gasteiger partial charge on any atom is 0.253 e. The van der Waals surface area contributed by atoms with Crippen molar-refractivity contribution in [1.29, 1.82) is 0 Å². The van der Waals surface area contributed by atoms with Gasteiger partial charge >= 0.3 is 0 Å². The monoisotopic (exact) mass is 327 g/mol. The Hall–Kier alpha value is -2.57. The highest BCUT2D eigenvalue weighted by Crippen LogP contribution is 2.41. The maximum absolute atomic E-state index is 12.7. The number of likely N-dealkylation sites (tertiary alicyclic amines) is 1. The van der Waals surface area contributed by atoms with Crippen LogP contribution in [-0.4, -0.2) is 44.6 Å². The van der Waals surface area contributed by atoms with E-state index in [2.05, 4.69) is 15.4 Å². The Morgan fingerprint density at radius 2 is 2.12 bits per heavy atom. The number of H-pyrrole nitrogens is 1. The molecule has 0 spiro atoms. The summed E-state index contributed by atoms with van der Waals surface area (Å²) in [4.78, 5) is 29.8. The molecule has 7 heteroatoms. The number of aryl methyl sites for hydroxylation is 1. The van der Waals surface area contributed by atoms with Crippen molar-refractivity contribution in [3.8, 4) is 0 Å². The topological polar surface area (TPSA) is 83.0 Å². The van der Waals surface area contributed by atoms with Gasteiger partial charge in [-0.25, -0.2) is 0 Å². The van der Waals surface area contributed by atoms with Crippen LogP contribution in [-0.2, 0) is 11.8 Å². The third kappa shape index (κ3) is 2.40. The molecule has 126 valence electrons. The van der Waals surface area contributed by atoms with Gasteiger partial charge in [0.25, 0.3) is 5.91 Å². The van der Waals surface area contributed by atoms with Crippen LogP contribution in [0.3, 0.4) is 0 Å². The van der Waals surface area contributed by atoms with Crippen molar-refractivity contribution < 1.29 is 9.59 Å². The van der Waals surface area contributed by atoms with Crippen LogP contribution in [0.2, 0.25) is 0 Å². The van der Waals surface area contributed by atoms with Gasteiger partial charge in [-0.2, -0.15) is 5.10 Å². The van der Waals surface area contributed by atoms with E-state index in [0.717, 1.165) is 24.2 Å². The average molecular weight is 327 g/mol. The first-order valence-electron chi connectivity index (χ1n) is 8.28. The lowest BCUT2D eigenvalue weighted by Crippen LogP contribution is -2.39. The Bertz CT molecular complexity index is 789. The van der Waals surface area contributed by atoms with Crippen LogP contribution < -0.4 is 5.32 Å². The number of nitrogens with zero attached hydrogens (tertiary/aromatic N) is 3. The van der Waals surface area contributed by atoms with Crippen LogP contribution in [0.15, 0.2) is 24.5 Å². The zero-order chi connectivity index (χ0) is 16.8. The largest absolute Gasteiger partial charge is 0.364 e. The number of aromatic amines is 1. The average Bonchev–Trinajstić information content (AvgIpc) is 3.01. The van der Waals surface area contributed by atoms with E-state index < -0.39 is 0 Å². The van der Waals surface area contributed by atoms with Gasteiger partial charge in [-0.3, -0.25) is 14.3 Å². The van der Waals surface area contributed by atoms with E-state index in [1.54, 1.807) is 22.8 Å². The highest BCUT2D eigenvalue weighted by Gasteiger charge is 2.41. The second-order valence-electron chi connectivity index (χ2n) is 6.69. The maximum atomic E-state index is 12.7. The molecule has 2 fully saturated rings. The van der Waals surface area contributed by atoms with Crippen molar-refractivity contribution in [2.24, 2.45) is 7.05 Å².